The Morgan fingerprint density at radius 1 is 1.06 bits per heavy atom. The Hall–Kier alpha value is -2.36. The van der Waals surface area contributed by atoms with Gasteiger partial charge in [0, 0.05) is 31.9 Å². The van der Waals surface area contributed by atoms with Gasteiger partial charge in [-0.1, -0.05) is 24.4 Å². The van der Waals surface area contributed by atoms with Crippen molar-refractivity contribution in [2.75, 3.05) is 56.0 Å². The molecule has 3 N–H and O–H groups in total. The van der Waals surface area contributed by atoms with Gasteiger partial charge in [0.2, 0.25) is 17.8 Å². The predicted molar refractivity (Wildman–Crippen MR) is 129 cm³/mol. The SMILES string of the molecule is COc1ccc(Nc2nc(NN3CCCCCC3)nc(N(C)C3CCNCC3)n2)cc1Cl. The van der Waals surface area contributed by atoms with Crippen LogP contribution < -0.4 is 25.7 Å². The summed E-state index contributed by atoms with van der Waals surface area (Å²) in [6, 6.07) is 5.92. The van der Waals surface area contributed by atoms with Crippen molar-refractivity contribution in [2.24, 2.45) is 0 Å². The van der Waals surface area contributed by atoms with E-state index >= 15 is 0 Å². The number of hydrogen-bond donors (Lipinski definition) is 3. The fourth-order valence-corrected chi connectivity index (χ4v) is 4.44. The van der Waals surface area contributed by atoms with E-state index in [0.717, 1.165) is 44.7 Å². The van der Waals surface area contributed by atoms with Gasteiger partial charge in [0.25, 0.3) is 0 Å². The van der Waals surface area contributed by atoms with E-state index in [2.05, 4.69) is 38.0 Å². The van der Waals surface area contributed by atoms with Gasteiger partial charge in [-0.15, -0.1) is 0 Å². The lowest BCUT2D eigenvalue weighted by molar-refractivity contribution is 0.340. The predicted octanol–water partition coefficient (Wildman–Crippen LogP) is 3.67. The number of piperidine rings is 1. The molecule has 174 valence electrons. The second kappa shape index (κ2) is 11.0. The van der Waals surface area contributed by atoms with Crippen LogP contribution in [0.15, 0.2) is 18.2 Å². The number of anilines is 4. The molecule has 2 aliphatic rings. The molecule has 4 rings (SSSR count). The molecule has 2 aliphatic heterocycles. The number of halogens is 1. The summed E-state index contributed by atoms with van der Waals surface area (Å²) in [5, 5.41) is 9.44. The Kier molecular flexibility index (Phi) is 7.83. The molecule has 0 radical (unpaired) electrons. The molecule has 9 nitrogen and oxygen atoms in total. The molecule has 10 heteroatoms. The van der Waals surface area contributed by atoms with Gasteiger partial charge in [0.15, 0.2) is 0 Å². The number of hydrogen-bond acceptors (Lipinski definition) is 9. The van der Waals surface area contributed by atoms with E-state index in [1.807, 2.05) is 18.2 Å². The smallest absolute Gasteiger partial charge is 0.244 e. The van der Waals surface area contributed by atoms with Crippen LogP contribution >= 0.6 is 11.6 Å². The molecule has 0 bridgehead atoms. The topological polar surface area (TPSA) is 90.5 Å². The van der Waals surface area contributed by atoms with Crippen LogP contribution in [-0.4, -0.2) is 66.3 Å². The Morgan fingerprint density at radius 2 is 1.78 bits per heavy atom. The van der Waals surface area contributed by atoms with Gasteiger partial charge >= 0.3 is 0 Å². The number of ether oxygens (including phenoxy) is 1. The van der Waals surface area contributed by atoms with Gasteiger partial charge < -0.3 is 20.3 Å². The zero-order valence-electron chi connectivity index (χ0n) is 18.9. The van der Waals surface area contributed by atoms with E-state index in [1.165, 1.54) is 25.7 Å². The van der Waals surface area contributed by atoms with Crippen molar-refractivity contribution in [3.05, 3.63) is 23.2 Å². The molecule has 2 fully saturated rings. The van der Waals surface area contributed by atoms with E-state index in [1.54, 1.807) is 7.11 Å². The third-order valence-electron chi connectivity index (χ3n) is 6.07. The Balaban J connectivity index is 1.59. The van der Waals surface area contributed by atoms with Crippen LogP contribution in [0.25, 0.3) is 0 Å². The Bertz CT molecular complexity index is 884. The summed E-state index contributed by atoms with van der Waals surface area (Å²) >= 11 is 6.30. The molecule has 1 aromatic heterocycles. The van der Waals surface area contributed by atoms with E-state index in [4.69, 9.17) is 26.3 Å². The lowest BCUT2D eigenvalue weighted by atomic mass is 10.1. The fourth-order valence-electron chi connectivity index (χ4n) is 4.18. The highest BCUT2D eigenvalue weighted by atomic mass is 35.5. The van der Waals surface area contributed by atoms with Gasteiger partial charge in [-0.2, -0.15) is 15.0 Å². The highest BCUT2D eigenvalue weighted by Gasteiger charge is 2.22. The lowest BCUT2D eigenvalue weighted by Gasteiger charge is -2.32. The zero-order chi connectivity index (χ0) is 22.3. The van der Waals surface area contributed by atoms with Gasteiger partial charge in [0.1, 0.15) is 5.75 Å². The van der Waals surface area contributed by atoms with Crippen molar-refractivity contribution in [2.45, 2.75) is 44.6 Å². The molecule has 1 aromatic carbocycles. The number of aromatic nitrogens is 3. The summed E-state index contributed by atoms with van der Waals surface area (Å²) in [7, 11) is 3.67. The molecule has 0 saturated carbocycles. The summed E-state index contributed by atoms with van der Waals surface area (Å²) in [6.07, 6.45) is 7.01. The van der Waals surface area contributed by atoms with Crippen molar-refractivity contribution in [3.8, 4) is 5.75 Å². The van der Waals surface area contributed by atoms with Gasteiger partial charge in [0.05, 0.1) is 12.1 Å². The first kappa shape index (κ1) is 22.8. The number of hydrazine groups is 1. The first-order valence-corrected chi connectivity index (χ1v) is 11.8. The average molecular weight is 461 g/mol. The molecule has 0 atom stereocenters. The molecule has 32 heavy (non-hydrogen) atoms. The number of methoxy groups -OCH3 is 1. The van der Waals surface area contributed by atoms with Crippen LogP contribution in [0.1, 0.15) is 38.5 Å². The quantitative estimate of drug-likeness (QED) is 0.572. The molecule has 0 amide bonds. The maximum absolute atomic E-state index is 6.30. The van der Waals surface area contributed by atoms with Crippen LogP contribution in [0.5, 0.6) is 5.75 Å². The van der Waals surface area contributed by atoms with Crippen LogP contribution in [-0.2, 0) is 0 Å². The molecule has 0 spiro atoms. The summed E-state index contributed by atoms with van der Waals surface area (Å²) in [4.78, 5) is 16.3. The van der Waals surface area contributed by atoms with E-state index in [-0.39, 0.29) is 0 Å². The summed E-state index contributed by atoms with van der Waals surface area (Å²) in [5.74, 6) is 2.32. The molecule has 0 aliphatic carbocycles. The minimum atomic E-state index is 0.396. The number of benzene rings is 1. The number of nitrogens with zero attached hydrogens (tertiary/aromatic N) is 5. The summed E-state index contributed by atoms with van der Waals surface area (Å²) in [6.45, 7) is 3.99. The second-order valence-corrected chi connectivity index (χ2v) is 8.77. The molecular formula is C22H33ClN8O. The monoisotopic (exact) mass is 460 g/mol. The highest BCUT2D eigenvalue weighted by Crippen LogP contribution is 2.29. The van der Waals surface area contributed by atoms with E-state index < -0.39 is 0 Å². The number of nitrogens with one attached hydrogen (secondary N) is 3. The standard InChI is InChI=1S/C22H33ClN8O/c1-30(17-9-11-24-12-10-17)22-27-20(25-16-7-8-19(32-2)18(23)15-16)26-21(28-22)29-31-13-5-3-4-6-14-31/h7-8,15,17,24H,3-6,9-14H2,1-2H3,(H2,25,26,27,28,29). The van der Waals surface area contributed by atoms with Crippen LogP contribution in [0.2, 0.25) is 5.02 Å². The summed E-state index contributed by atoms with van der Waals surface area (Å²) in [5.41, 5.74) is 4.21. The summed E-state index contributed by atoms with van der Waals surface area (Å²) < 4.78 is 5.25. The van der Waals surface area contributed by atoms with Gasteiger partial charge in [-0.25, -0.2) is 5.01 Å². The third kappa shape index (κ3) is 5.90. The molecule has 3 heterocycles. The van der Waals surface area contributed by atoms with Crippen molar-refractivity contribution >= 4 is 35.1 Å². The van der Waals surface area contributed by atoms with E-state index in [9.17, 15) is 0 Å². The first-order chi connectivity index (χ1) is 15.6. The fraction of sp³-hybridized carbons (Fsp3) is 0.591. The number of rotatable bonds is 7. The van der Waals surface area contributed by atoms with Crippen LogP contribution in [0.4, 0.5) is 23.5 Å². The molecule has 0 unspecified atom stereocenters. The van der Waals surface area contributed by atoms with Crippen molar-refractivity contribution in [3.63, 3.8) is 0 Å². The molecular weight excluding hydrogens is 428 g/mol. The minimum absolute atomic E-state index is 0.396. The van der Waals surface area contributed by atoms with E-state index in [0.29, 0.717) is 34.7 Å². The highest BCUT2D eigenvalue weighted by molar-refractivity contribution is 6.32. The molecule has 2 saturated heterocycles. The minimum Gasteiger partial charge on any atom is -0.495 e. The van der Waals surface area contributed by atoms with Crippen LogP contribution in [0.3, 0.4) is 0 Å². The Labute approximate surface area is 194 Å². The lowest BCUT2D eigenvalue weighted by Crippen LogP contribution is -2.42. The maximum atomic E-state index is 6.30. The molecule has 2 aromatic rings. The Morgan fingerprint density at radius 3 is 2.47 bits per heavy atom. The van der Waals surface area contributed by atoms with Crippen molar-refractivity contribution in [1.82, 2.24) is 25.3 Å². The van der Waals surface area contributed by atoms with Gasteiger partial charge in [-0.3, -0.25) is 5.43 Å². The van der Waals surface area contributed by atoms with Gasteiger partial charge in [-0.05, 0) is 57.0 Å². The second-order valence-electron chi connectivity index (χ2n) is 8.36. The first-order valence-electron chi connectivity index (χ1n) is 11.4. The van der Waals surface area contributed by atoms with Crippen molar-refractivity contribution in [1.29, 1.82) is 0 Å². The average Bonchev–Trinajstić information content (AvgIpc) is 3.08. The largest absolute Gasteiger partial charge is 0.495 e. The normalized spacial score (nSPS) is 18.1. The third-order valence-corrected chi connectivity index (χ3v) is 6.36. The maximum Gasteiger partial charge on any atom is 0.244 e. The van der Waals surface area contributed by atoms with Crippen molar-refractivity contribution < 1.29 is 4.74 Å². The zero-order valence-corrected chi connectivity index (χ0v) is 19.7. The van der Waals surface area contributed by atoms with Crippen LogP contribution in [0, 0.1) is 0 Å².